The van der Waals surface area contributed by atoms with Crippen LogP contribution >= 0.6 is 0 Å². The first-order valence-corrected chi connectivity index (χ1v) is 9.97. The molecule has 0 N–H and O–H groups in total. The normalized spacial score (nSPS) is 11.5. The lowest BCUT2D eigenvalue weighted by atomic mass is 10.1. The van der Waals surface area contributed by atoms with E-state index in [1.165, 1.54) is 6.07 Å². The van der Waals surface area contributed by atoms with E-state index in [-0.39, 0.29) is 5.75 Å². The molecular formula is C23H30F3NO. The summed E-state index contributed by atoms with van der Waals surface area (Å²) in [5.74, 6) is 0.307. The van der Waals surface area contributed by atoms with Gasteiger partial charge in [0.15, 0.2) is 5.75 Å². The van der Waals surface area contributed by atoms with Crippen molar-refractivity contribution in [3.8, 4) is 11.5 Å². The molecule has 154 valence electrons. The highest BCUT2D eigenvalue weighted by Gasteiger charge is 2.37. The molecule has 0 fully saturated rings. The van der Waals surface area contributed by atoms with Gasteiger partial charge >= 0.3 is 6.18 Å². The molecule has 0 atom stereocenters. The monoisotopic (exact) mass is 393 g/mol. The number of hydrogen-bond donors (Lipinski definition) is 0. The van der Waals surface area contributed by atoms with Gasteiger partial charge in [-0.2, -0.15) is 13.2 Å². The van der Waals surface area contributed by atoms with Gasteiger partial charge < -0.3 is 9.64 Å². The number of ether oxygens (including phenoxy) is 1. The van der Waals surface area contributed by atoms with Crippen LogP contribution in [0.3, 0.4) is 0 Å². The van der Waals surface area contributed by atoms with Crippen molar-refractivity contribution < 1.29 is 17.9 Å². The Kier molecular flexibility index (Phi) is 7.78. The minimum absolute atomic E-state index is 0.103. The molecule has 2 nitrogen and oxygen atoms in total. The summed E-state index contributed by atoms with van der Waals surface area (Å²) in [6, 6.07) is 10.1. The van der Waals surface area contributed by atoms with E-state index in [0.29, 0.717) is 30.1 Å². The van der Waals surface area contributed by atoms with Crippen LogP contribution in [-0.2, 0) is 6.18 Å². The highest BCUT2D eigenvalue weighted by Crippen LogP contribution is 2.45. The molecule has 0 aliphatic rings. The van der Waals surface area contributed by atoms with Crippen molar-refractivity contribution in [1.29, 1.82) is 0 Å². The van der Waals surface area contributed by atoms with Crippen LogP contribution in [0.1, 0.15) is 56.2 Å². The standard InChI is InChI=1S/C23H30F3NO/c1-5-7-13-27(14-8-6-2)21-16-18(4)15-20(23(24,25)26)22(21)28-19-11-9-17(3)10-12-19/h9-12,15-16H,5-8,13-14H2,1-4H3. The summed E-state index contributed by atoms with van der Waals surface area (Å²) in [5.41, 5.74) is 1.41. The van der Waals surface area contributed by atoms with Crippen LogP contribution in [0.25, 0.3) is 0 Å². The van der Waals surface area contributed by atoms with Gasteiger partial charge in [0.05, 0.1) is 5.69 Å². The summed E-state index contributed by atoms with van der Waals surface area (Å²) >= 11 is 0. The van der Waals surface area contributed by atoms with Gasteiger partial charge in [-0.25, -0.2) is 0 Å². The zero-order chi connectivity index (χ0) is 20.7. The Morgan fingerprint density at radius 3 is 1.93 bits per heavy atom. The quantitative estimate of drug-likeness (QED) is 0.437. The second kappa shape index (κ2) is 9.85. The van der Waals surface area contributed by atoms with Crippen LogP contribution in [0.4, 0.5) is 18.9 Å². The van der Waals surface area contributed by atoms with Gasteiger partial charge in [-0.1, -0.05) is 44.4 Å². The predicted octanol–water partition coefficient (Wildman–Crippen LogP) is 7.52. The van der Waals surface area contributed by atoms with Gasteiger partial charge in [-0.05, 0) is 56.5 Å². The van der Waals surface area contributed by atoms with Crippen molar-refractivity contribution >= 4 is 5.69 Å². The molecule has 0 radical (unpaired) electrons. The van der Waals surface area contributed by atoms with Gasteiger partial charge in [-0.15, -0.1) is 0 Å². The molecule has 0 bridgehead atoms. The van der Waals surface area contributed by atoms with Crippen molar-refractivity contribution in [2.75, 3.05) is 18.0 Å². The molecule has 5 heteroatoms. The number of anilines is 1. The number of rotatable bonds is 9. The van der Waals surface area contributed by atoms with Crippen molar-refractivity contribution in [1.82, 2.24) is 0 Å². The molecule has 0 saturated heterocycles. The smallest absolute Gasteiger partial charge is 0.420 e. The van der Waals surface area contributed by atoms with Gasteiger partial charge in [0.1, 0.15) is 11.3 Å². The second-order valence-electron chi connectivity index (χ2n) is 7.27. The highest BCUT2D eigenvalue weighted by molar-refractivity contribution is 5.65. The summed E-state index contributed by atoms with van der Waals surface area (Å²) in [7, 11) is 0. The molecule has 0 aliphatic heterocycles. The second-order valence-corrected chi connectivity index (χ2v) is 7.27. The average Bonchev–Trinajstić information content (AvgIpc) is 2.64. The Hall–Kier alpha value is -2.17. The third-order valence-corrected chi connectivity index (χ3v) is 4.66. The van der Waals surface area contributed by atoms with E-state index in [0.717, 1.165) is 31.2 Å². The molecule has 0 heterocycles. The van der Waals surface area contributed by atoms with Crippen LogP contribution in [-0.4, -0.2) is 13.1 Å². The molecule has 2 rings (SSSR count). The molecule has 0 spiro atoms. The number of alkyl halides is 3. The Bertz CT molecular complexity index is 746. The summed E-state index contributed by atoms with van der Waals surface area (Å²) in [6.45, 7) is 9.22. The zero-order valence-corrected chi connectivity index (χ0v) is 17.2. The van der Waals surface area contributed by atoms with E-state index in [2.05, 4.69) is 13.8 Å². The molecule has 0 aromatic heterocycles. The van der Waals surface area contributed by atoms with Crippen LogP contribution in [0.5, 0.6) is 11.5 Å². The Labute approximate surface area is 166 Å². The number of benzene rings is 2. The fourth-order valence-electron chi connectivity index (χ4n) is 3.08. The number of nitrogens with zero attached hydrogens (tertiary/aromatic N) is 1. The minimum atomic E-state index is -4.48. The maximum atomic E-state index is 13.8. The fourth-order valence-corrected chi connectivity index (χ4v) is 3.08. The Morgan fingerprint density at radius 1 is 0.857 bits per heavy atom. The van der Waals surface area contributed by atoms with Crippen molar-refractivity contribution in [3.63, 3.8) is 0 Å². The predicted molar refractivity (Wildman–Crippen MR) is 109 cm³/mol. The first-order valence-electron chi connectivity index (χ1n) is 9.97. The molecule has 0 saturated carbocycles. The average molecular weight is 393 g/mol. The zero-order valence-electron chi connectivity index (χ0n) is 17.2. The van der Waals surface area contributed by atoms with Gasteiger partial charge in [0, 0.05) is 13.1 Å². The largest absolute Gasteiger partial charge is 0.455 e. The Balaban J connectivity index is 2.57. The van der Waals surface area contributed by atoms with Gasteiger partial charge in [0.25, 0.3) is 0 Å². The molecule has 2 aromatic rings. The van der Waals surface area contributed by atoms with Crippen molar-refractivity contribution in [2.45, 2.75) is 59.6 Å². The van der Waals surface area contributed by atoms with E-state index < -0.39 is 11.7 Å². The summed E-state index contributed by atoms with van der Waals surface area (Å²) in [5, 5.41) is 0. The summed E-state index contributed by atoms with van der Waals surface area (Å²) < 4.78 is 47.4. The molecule has 0 unspecified atom stereocenters. The third kappa shape index (κ3) is 5.91. The fraction of sp³-hybridized carbons (Fsp3) is 0.478. The van der Waals surface area contributed by atoms with Crippen LogP contribution in [0, 0.1) is 13.8 Å². The van der Waals surface area contributed by atoms with Gasteiger partial charge in [-0.3, -0.25) is 0 Å². The lowest BCUT2D eigenvalue weighted by Gasteiger charge is -2.29. The highest BCUT2D eigenvalue weighted by atomic mass is 19.4. The van der Waals surface area contributed by atoms with Crippen LogP contribution < -0.4 is 9.64 Å². The lowest BCUT2D eigenvalue weighted by molar-refractivity contribution is -0.138. The molecular weight excluding hydrogens is 363 g/mol. The number of halogens is 3. The summed E-state index contributed by atoms with van der Waals surface area (Å²) in [4.78, 5) is 2.04. The number of hydrogen-bond acceptors (Lipinski definition) is 2. The first-order chi connectivity index (χ1) is 13.3. The Morgan fingerprint density at radius 2 is 1.43 bits per heavy atom. The third-order valence-electron chi connectivity index (χ3n) is 4.66. The van der Waals surface area contributed by atoms with Crippen LogP contribution in [0.15, 0.2) is 36.4 Å². The number of aryl methyl sites for hydroxylation is 2. The van der Waals surface area contributed by atoms with Crippen molar-refractivity contribution in [2.24, 2.45) is 0 Å². The van der Waals surface area contributed by atoms with E-state index in [4.69, 9.17) is 4.74 Å². The topological polar surface area (TPSA) is 12.5 Å². The summed E-state index contributed by atoms with van der Waals surface area (Å²) in [6.07, 6.45) is -0.683. The molecule has 0 aliphatic carbocycles. The van der Waals surface area contributed by atoms with E-state index in [1.807, 2.05) is 30.0 Å². The van der Waals surface area contributed by atoms with Crippen LogP contribution in [0.2, 0.25) is 0 Å². The van der Waals surface area contributed by atoms with Crippen molar-refractivity contribution in [3.05, 3.63) is 53.1 Å². The van der Waals surface area contributed by atoms with Gasteiger partial charge in [0.2, 0.25) is 0 Å². The lowest BCUT2D eigenvalue weighted by Crippen LogP contribution is -2.27. The van der Waals surface area contributed by atoms with E-state index in [1.54, 1.807) is 19.1 Å². The SMILES string of the molecule is CCCCN(CCCC)c1cc(C)cc(C(F)(F)F)c1Oc1ccc(C)cc1. The minimum Gasteiger partial charge on any atom is -0.455 e. The number of unbranched alkanes of at least 4 members (excludes halogenated alkanes) is 2. The van der Waals surface area contributed by atoms with E-state index in [9.17, 15) is 13.2 Å². The first kappa shape index (κ1) is 22.1. The maximum Gasteiger partial charge on any atom is 0.420 e. The maximum absolute atomic E-state index is 13.8. The van der Waals surface area contributed by atoms with E-state index >= 15 is 0 Å². The molecule has 2 aromatic carbocycles. The molecule has 0 amide bonds. The molecule has 28 heavy (non-hydrogen) atoms.